The minimum Gasteiger partial charge on any atom is -0.388 e. The van der Waals surface area contributed by atoms with Crippen LogP contribution in [0.1, 0.15) is 60.9 Å². The number of sulfone groups is 1. The number of imidazole rings is 1. The third-order valence-electron chi connectivity index (χ3n) is 6.42. The number of carbonyl (C=O) groups excluding carboxylic acids is 1. The second kappa shape index (κ2) is 10.7. The first-order valence-corrected chi connectivity index (χ1v) is 13.8. The maximum Gasteiger partial charge on any atom is 0.389 e. The molecule has 0 aliphatic heterocycles. The van der Waals surface area contributed by atoms with Gasteiger partial charge in [0.15, 0.2) is 5.69 Å². The van der Waals surface area contributed by atoms with Gasteiger partial charge in [-0.25, -0.2) is 17.8 Å². The zero-order valence-corrected chi connectivity index (χ0v) is 21.4. The average Bonchev–Trinajstić information content (AvgIpc) is 3.11. The molecule has 3 rings (SSSR count). The number of halogens is 5. The van der Waals surface area contributed by atoms with E-state index in [1.54, 1.807) is 6.92 Å². The minimum absolute atomic E-state index is 0.0584. The van der Waals surface area contributed by atoms with Crippen molar-refractivity contribution in [3.05, 3.63) is 46.3 Å². The van der Waals surface area contributed by atoms with E-state index in [-0.39, 0.29) is 73.0 Å². The lowest BCUT2D eigenvalue weighted by Gasteiger charge is -2.35. The van der Waals surface area contributed by atoms with Crippen molar-refractivity contribution in [1.82, 2.24) is 14.9 Å². The summed E-state index contributed by atoms with van der Waals surface area (Å²) in [6.07, 6.45) is -3.44. The van der Waals surface area contributed by atoms with Gasteiger partial charge in [0.05, 0.1) is 16.5 Å². The summed E-state index contributed by atoms with van der Waals surface area (Å²) in [6, 6.07) is 3.65. The van der Waals surface area contributed by atoms with Crippen LogP contribution < -0.4 is 5.32 Å². The summed E-state index contributed by atoms with van der Waals surface area (Å²) < 4.78 is 77.0. The molecule has 36 heavy (non-hydrogen) atoms. The Kier molecular flexibility index (Phi) is 8.41. The molecule has 1 amide bonds. The van der Waals surface area contributed by atoms with Gasteiger partial charge in [0.1, 0.15) is 26.6 Å². The first-order chi connectivity index (χ1) is 16.6. The molecule has 0 radical (unpaired) electrons. The minimum atomic E-state index is -4.36. The zero-order chi connectivity index (χ0) is 26.9. The molecule has 0 bridgehead atoms. The van der Waals surface area contributed by atoms with Crippen molar-refractivity contribution in [3.63, 3.8) is 0 Å². The van der Waals surface area contributed by atoms with Gasteiger partial charge in [-0.1, -0.05) is 24.6 Å². The third-order valence-corrected chi connectivity index (χ3v) is 8.45. The van der Waals surface area contributed by atoms with Crippen LogP contribution in [0.4, 0.5) is 17.6 Å². The van der Waals surface area contributed by atoms with E-state index in [9.17, 15) is 35.9 Å². The molecule has 2 aromatic rings. The van der Waals surface area contributed by atoms with Crippen molar-refractivity contribution in [2.75, 3.05) is 12.8 Å². The molecule has 1 aliphatic carbocycles. The molecule has 7 nitrogen and oxygen atoms in total. The number of benzene rings is 1. The Hall–Kier alpha value is -2.18. The van der Waals surface area contributed by atoms with Crippen LogP contribution in [0, 0.1) is 5.82 Å². The Morgan fingerprint density at radius 3 is 2.47 bits per heavy atom. The summed E-state index contributed by atoms with van der Waals surface area (Å²) in [4.78, 5) is 17.0. The zero-order valence-electron chi connectivity index (χ0n) is 19.8. The maximum absolute atomic E-state index is 14.9. The molecule has 1 saturated carbocycles. The molecule has 1 aliphatic rings. The van der Waals surface area contributed by atoms with E-state index in [0.717, 1.165) is 12.3 Å². The van der Waals surface area contributed by atoms with E-state index in [1.165, 1.54) is 16.7 Å². The third kappa shape index (κ3) is 6.77. The van der Waals surface area contributed by atoms with Crippen LogP contribution in [0.5, 0.6) is 0 Å². The van der Waals surface area contributed by atoms with Gasteiger partial charge in [0.25, 0.3) is 5.91 Å². The summed E-state index contributed by atoms with van der Waals surface area (Å²) in [5.74, 6) is -1.25. The van der Waals surface area contributed by atoms with E-state index in [4.69, 9.17) is 11.6 Å². The summed E-state index contributed by atoms with van der Waals surface area (Å²) >= 11 is 6.39. The number of alkyl halides is 3. The lowest BCUT2D eigenvalue weighted by Crippen LogP contribution is -2.47. The summed E-state index contributed by atoms with van der Waals surface area (Å²) in [7, 11) is -3.21. The molecular formula is C23H28ClF4N3O4S. The molecule has 200 valence electrons. The molecule has 0 spiro atoms. The Balaban J connectivity index is 1.75. The summed E-state index contributed by atoms with van der Waals surface area (Å²) in [6.45, 7) is 1.57. The molecular weight excluding hydrogens is 526 g/mol. The Labute approximate surface area is 211 Å². The predicted molar refractivity (Wildman–Crippen MR) is 127 cm³/mol. The van der Waals surface area contributed by atoms with Crippen LogP contribution in [0.3, 0.4) is 0 Å². The first kappa shape index (κ1) is 28.4. The smallest absolute Gasteiger partial charge is 0.388 e. The molecule has 0 atom stereocenters. The summed E-state index contributed by atoms with van der Waals surface area (Å²) in [5.41, 5.74) is -1.36. The normalized spacial score (nSPS) is 20.9. The van der Waals surface area contributed by atoms with E-state index < -0.39 is 45.0 Å². The van der Waals surface area contributed by atoms with Crippen molar-refractivity contribution in [2.24, 2.45) is 0 Å². The Bertz CT molecular complexity index is 1220. The quantitative estimate of drug-likeness (QED) is 0.478. The number of aliphatic hydroxyl groups is 1. The molecule has 0 saturated heterocycles. The highest BCUT2D eigenvalue weighted by molar-refractivity contribution is 7.91. The molecule has 1 aromatic carbocycles. The average molecular weight is 554 g/mol. The van der Waals surface area contributed by atoms with Crippen molar-refractivity contribution in [2.45, 2.75) is 68.9 Å². The topological polar surface area (TPSA) is 101 Å². The number of aryl methyl sites for hydroxylation is 2. The number of nitrogens with one attached hydrogen (secondary N) is 1. The maximum atomic E-state index is 14.9. The van der Waals surface area contributed by atoms with Crippen LogP contribution in [-0.4, -0.2) is 58.8 Å². The lowest BCUT2D eigenvalue weighted by molar-refractivity contribution is -0.134. The predicted octanol–water partition coefficient (Wildman–Crippen LogP) is 4.17. The Morgan fingerprint density at radius 1 is 1.31 bits per heavy atom. The van der Waals surface area contributed by atoms with Gasteiger partial charge < -0.3 is 10.4 Å². The number of carbonyl (C=O) groups is 1. The second-order valence-electron chi connectivity index (χ2n) is 9.19. The van der Waals surface area contributed by atoms with Gasteiger partial charge in [0, 0.05) is 25.6 Å². The largest absolute Gasteiger partial charge is 0.389 e. The fourth-order valence-corrected chi connectivity index (χ4v) is 5.71. The van der Waals surface area contributed by atoms with Gasteiger partial charge in [-0.2, -0.15) is 13.2 Å². The van der Waals surface area contributed by atoms with Gasteiger partial charge in [0.2, 0.25) is 0 Å². The lowest BCUT2D eigenvalue weighted by atomic mass is 9.84. The van der Waals surface area contributed by atoms with Crippen molar-refractivity contribution in [3.8, 4) is 5.69 Å². The van der Waals surface area contributed by atoms with Gasteiger partial charge in [-0.05, 0) is 49.8 Å². The van der Waals surface area contributed by atoms with Gasteiger partial charge in [-0.3, -0.25) is 9.36 Å². The highest BCUT2D eigenvalue weighted by Gasteiger charge is 2.37. The highest BCUT2D eigenvalue weighted by atomic mass is 35.5. The fraction of sp³-hybridized carbons (Fsp3) is 0.565. The number of aromatic nitrogens is 2. The molecule has 2 N–H and O–H groups in total. The molecule has 0 unspecified atom stereocenters. The van der Waals surface area contributed by atoms with Crippen molar-refractivity contribution >= 4 is 27.3 Å². The van der Waals surface area contributed by atoms with Crippen LogP contribution >= 0.6 is 11.6 Å². The van der Waals surface area contributed by atoms with Gasteiger partial charge >= 0.3 is 6.18 Å². The molecule has 1 fully saturated rings. The number of hydrogen-bond acceptors (Lipinski definition) is 5. The van der Waals surface area contributed by atoms with E-state index in [1.807, 2.05) is 0 Å². The molecule has 1 heterocycles. The second-order valence-corrected chi connectivity index (χ2v) is 11.9. The van der Waals surface area contributed by atoms with Crippen LogP contribution in [0.15, 0.2) is 18.2 Å². The first-order valence-electron chi connectivity index (χ1n) is 11.5. The number of rotatable bonds is 8. The van der Waals surface area contributed by atoms with E-state index in [2.05, 4.69) is 10.3 Å². The monoisotopic (exact) mass is 553 g/mol. The van der Waals surface area contributed by atoms with Crippen LogP contribution in [0.2, 0.25) is 5.15 Å². The fourth-order valence-electron chi connectivity index (χ4n) is 4.31. The van der Waals surface area contributed by atoms with Crippen LogP contribution in [0.25, 0.3) is 5.69 Å². The van der Waals surface area contributed by atoms with Gasteiger partial charge in [-0.15, -0.1) is 0 Å². The van der Waals surface area contributed by atoms with Crippen LogP contribution in [-0.2, 0) is 22.7 Å². The molecule has 1 aromatic heterocycles. The summed E-state index contributed by atoms with van der Waals surface area (Å²) in [5, 5.41) is 12.6. The number of nitrogens with zero attached hydrogens (tertiary/aromatic N) is 2. The standard InChI is InChI=1S/C23H28ClF4N3O4S/c1-3-18-30-19(21(32)29-13-22(33)9-7-15(8-10-22)36(2,34)35)20(24)31(18)17-5-4-14(12-16(17)25)6-11-23(26,27)28/h4-5,12,15,33H,3,6-11,13H2,1-2H3,(H,29,32). The number of amides is 1. The SMILES string of the molecule is CCc1nc(C(=O)NCC2(O)CCC(S(C)(=O)=O)CC2)c(Cl)n1-c1ccc(CCC(F)(F)F)cc1F. The number of hydrogen-bond donors (Lipinski definition) is 2. The Morgan fingerprint density at radius 2 is 1.94 bits per heavy atom. The van der Waals surface area contributed by atoms with Crippen molar-refractivity contribution < 1.29 is 35.9 Å². The highest BCUT2D eigenvalue weighted by Crippen LogP contribution is 2.32. The van der Waals surface area contributed by atoms with Crippen molar-refractivity contribution in [1.29, 1.82) is 0 Å². The van der Waals surface area contributed by atoms with E-state index in [0.29, 0.717) is 0 Å². The molecule has 13 heteroatoms. The van der Waals surface area contributed by atoms with E-state index >= 15 is 0 Å².